The molecule has 192 valence electrons. The Labute approximate surface area is 220 Å². The van der Waals surface area contributed by atoms with Gasteiger partial charge in [0.1, 0.15) is 17.4 Å². The normalized spacial score (nSPS) is 17.6. The molecule has 8 heteroatoms. The molecule has 37 heavy (non-hydrogen) atoms. The number of carbonyl (C=O) groups is 2. The number of benzene rings is 3. The summed E-state index contributed by atoms with van der Waals surface area (Å²) >= 11 is 6.02. The van der Waals surface area contributed by atoms with Crippen molar-refractivity contribution in [2.45, 2.75) is 38.1 Å². The molecule has 0 saturated heterocycles. The standard InChI is InChI=1S/C29H29ClFN3O3/c1-37-26-9-5-8-21(15-26)29(36)34-27(32-25-17-22(30)16-23(31)18-25)14-19-10-12-24(13-11-19)33-28(35)20-6-3-2-4-7-20/h2-9,15-19,24H,10-14H2,1H3,(H,33,35)(H,32,34,36). The van der Waals surface area contributed by atoms with E-state index in [0.717, 1.165) is 25.7 Å². The van der Waals surface area contributed by atoms with Crippen LogP contribution < -0.4 is 15.4 Å². The van der Waals surface area contributed by atoms with Crippen LogP contribution in [0.4, 0.5) is 10.1 Å². The third-order valence-corrected chi connectivity index (χ3v) is 6.62. The van der Waals surface area contributed by atoms with Gasteiger partial charge in [0.05, 0.1) is 12.8 Å². The number of amides is 2. The van der Waals surface area contributed by atoms with Crippen molar-refractivity contribution in [3.05, 3.63) is 94.8 Å². The molecule has 4 rings (SSSR count). The highest BCUT2D eigenvalue weighted by atomic mass is 35.5. The van der Waals surface area contributed by atoms with E-state index in [-0.39, 0.29) is 28.8 Å². The van der Waals surface area contributed by atoms with Crippen LogP contribution in [0, 0.1) is 11.7 Å². The first-order valence-corrected chi connectivity index (χ1v) is 12.6. The van der Waals surface area contributed by atoms with E-state index in [1.54, 1.807) is 42.5 Å². The SMILES string of the molecule is COc1cccc(C(=O)NC(CC2CCC(NC(=O)c3ccccc3)CC2)=Nc2cc(F)cc(Cl)c2)c1. The fourth-order valence-electron chi connectivity index (χ4n) is 4.49. The molecule has 1 saturated carbocycles. The Morgan fingerprint density at radius 1 is 0.946 bits per heavy atom. The number of hydrogen-bond donors (Lipinski definition) is 2. The van der Waals surface area contributed by atoms with Crippen molar-refractivity contribution >= 4 is 34.9 Å². The minimum Gasteiger partial charge on any atom is -0.497 e. The van der Waals surface area contributed by atoms with Crippen molar-refractivity contribution in [1.82, 2.24) is 10.6 Å². The van der Waals surface area contributed by atoms with Gasteiger partial charge in [-0.05, 0) is 80.1 Å². The molecule has 3 aromatic carbocycles. The Hall–Kier alpha value is -3.71. The fourth-order valence-corrected chi connectivity index (χ4v) is 4.71. The summed E-state index contributed by atoms with van der Waals surface area (Å²) in [6.07, 6.45) is 3.87. The molecule has 2 N–H and O–H groups in total. The van der Waals surface area contributed by atoms with Crippen molar-refractivity contribution < 1.29 is 18.7 Å². The topological polar surface area (TPSA) is 79.8 Å². The van der Waals surface area contributed by atoms with E-state index in [1.165, 1.54) is 19.2 Å². The van der Waals surface area contributed by atoms with Gasteiger partial charge in [0.2, 0.25) is 0 Å². The molecule has 0 bridgehead atoms. The van der Waals surface area contributed by atoms with E-state index in [4.69, 9.17) is 16.3 Å². The maximum absolute atomic E-state index is 13.9. The predicted molar refractivity (Wildman–Crippen MR) is 143 cm³/mol. The predicted octanol–water partition coefficient (Wildman–Crippen LogP) is 6.33. The fraction of sp³-hybridized carbons (Fsp3) is 0.276. The highest BCUT2D eigenvalue weighted by Gasteiger charge is 2.25. The van der Waals surface area contributed by atoms with Crippen LogP contribution in [-0.4, -0.2) is 30.8 Å². The number of halogens is 2. The molecule has 1 fully saturated rings. The molecule has 1 aliphatic carbocycles. The lowest BCUT2D eigenvalue weighted by Gasteiger charge is -2.29. The minimum absolute atomic E-state index is 0.0696. The van der Waals surface area contributed by atoms with Crippen LogP contribution in [0.3, 0.4) is 0 Å². The molecule has 0 aliphatic heterocycles. The summed E-state index contributed by atoms with van der Waals surface area (Å²) in [7, 11) is 1.54. The monoisotopic (exact) mass is 521 g/mol. The van der Waals surface area contributed by atoms with Crippen LogP contribution in [0.15, 0.2) is 77.8 Å². The van der Waals surface area contributed by atoms with Crippen LogP contribution in [0.2, 0.25) is 5.02 Å². The van der Waals surface area contributed by atoms with Gasteiger partial charge in [-0.3, -0.25) is 9.59 Å². The maximum Gasteiger partial charge on any atom is 0.256 e. The summed E-state index contributed by atoms with van der Waals surface area (Å²) in [5, 5.41) is 6.25. The Morgan fingerprint density at radius 3 is 2.38 bits per heavy atom. The van der Waals surface area contributed by atoms with Crippen molar-refractivity contribution in [2.75, 3.05) is 7.11 Å². The van der Waals surface area contributed by atoms with Gasteiger partial charge >= 0.3 is 0 Å². The molecule has 0 atom stereocenters. The first-order chi connectivity index (χ1) is 17.9. The highest BCUT2D eigenvalue weighted by molar-refractivity contribution is 6.30. The second kappa shape index (κ2) is 12.5. The van der Waals surface area contributed by atoms with Crippen LogP contribution >= 0.6 is 11.6 Å². The summed E-state index contributed by atoms with van der Waals surface area (Å²) in [6, 6.07) is 20.1. The van der Waals surface area contributed by atoms with Crippen LogP contribution in [-0.2, 0) is 0 Å². The largest absolute Gasteiger partial charge is 0.497 e. The summed E-state index contributed by atoms with van der Waals surface area (Å²) < 4.78 is 19.2. The molecule has 2 amide bonds. The van der Waals surface area contributed by atoms with Crippen molar-refractivity contribution in [2.24, 2.45) is 10.9 Å². The maximum atomic E-state index is 13.9. The van der Waals surface area contributed by atoms with Gasteiger partial charge in [-0.2, -0.15) is 0 Å². The van der Waals surface area contributed by atoms with E-state index >= 15 is 0 Å². The number of nitrogens with one attached hydrogen (secondary N) is 2. The Kier molecular flexibility index (Phi) is 8.90. The van der Waals surface area contributed by atoms with Crippen LogP contribution in [0.5, 0.6) is 5.75 Å². The average molecular weight is 522 g/mol. The number of ether oxygens (including phenoxy) is 1. The quantitative estimate of drug-likeness (QED) is 0.282. The zero-order valence-corrected chi connectivity index (χ0v) is 21.3. The van der Waals surface area contributed by atoms with Gasteiger partial charge in [-0.1, -0.05) is 35.9 Å². The zero-order chi connectivity index (χ0) is 26.2. The van der Waals surface area contributed by atoms with Gasteiger partial charge in [0.15, 0.2) is 0 Å². The molecular weight excluding hydrogens is 493 g/mol. The molecule has 0 aromatic heterocycles. The van der Waals surface area contributed by atoms with Crippen molar-refractivity contribution in [3.63, 3.8) is 0 Å². The highest BCUT2D eigenvalue weighted by Crippen LogP contribution is 2.29. The van der Waals surface area contributed by atoms with Gasteiger partial charge in [0.25, 0.3) is 11.8 Å². The Morgan fingerprint density at radius 2 is 1.68 bits per heavy atom. The third kappa shape index (κ3) is 7.64. The molecule has 0 radical (unpaired) electrons. The number of carbonyl (C=O) groups excluding carboxylic acids is 2. The van der Waals surface area contributed by atoms with Crippen molar-refractivity contribution in [3.8, 4) is 5.75 Å². The molecule has 1 aliphatic rings. The second-order valence-electron chi connectivity index (χ2n) is 9.13. The van der Waals surface area contributed by atoms with Gasteiger partial charge in [-0.25, -0.2) is 9.38 Å². The number of nitrogens with zero attached hydrogens (tertiary/aromatic N) is 1. The zero-order valence-electron chi connectivity index (χ0n) is 20.5. The molecule has 0 unspecified atom stereocenters. The Balaban J connectivity index is 1.44. The summed E-state index contributed by atoms with van der Waals surface area (Å²) in [4.78, 5) is 30.1. The first-order valence-electron chi connectivity index (χ1n) is 12.2. The van der Waals surface area contributed by atoms with Crippen molar-refractivity contribution in [1.29, 1.82) is 0 Å². The van der Waals surface area contributed by atoms with E-state index < -0.39 is 5.82 Å². The Bertz CT molecular complexity index is 1250. The number of hydrogen-bond acceptors (Lipinski definition) is 4. The van der Waals surface area contributed by atoms with Gasteiger partial charge in [0, 0.05) is 28.6 Å². The minimum atomic E-state index is -0.501. The van der Waals surface area contributed by atoms with E-state index in [9.17, 15) is 14.0 Å². The van der Waals surface area contributed by atoms with E-state index in [0.29, 0.717) is 34.8 Å². The van der Waals surface area contributed by atoms with E-state index in [1.807, 2.05) is 18.2 Å². The lowest BCUT2D eigenvalue weighted by atomic mass is 9.83. The first kappa shape index (κ1) is 26.4. The average Bonchev–Trinajstić information content (AvgIpc) is 2.89. The van der Waals surface area contributed by atoms with Gasteiger partial charge < -0.3 is 15.4 Å². The van der Waals surface area contributed by atoms with E-state index in [2.05, 4.69) is 15.6 Å². The van der Waals surface area contributed by atoms with Crippen LogP contribution in [0.25, 0.3) is 0 Å². The number of methoxy groups -OCH3 is 1. The summed E-state index contributed by atoms with van der Waals surface area (Å²) in [5.74, 6) is 0.353. The molecular formula is C29H29ClFN3O3. The molecule has 0 spiro atoms. The smallest absolute Gasteiger partial charge is 0.256 e. The third-order valence-electron chi connectivity index (χ3n) is 6.40. The lowest BCUT2D eigenvalue weighted by molar-refractivity contribution is 0.0919. The number of amidine groups is 1. The molecule has 6 nitrogen and oxygen atoms in total. The number of rotatable bonds is 7. The lowest BCUT2D eigenvalue weighted by Crippen LogP contribution is -2.39. The number of aliphatic imine (C=N–C) groups is 1. The summed E-state index contributed by atoms with van der Waals surface area (Å²) in [6.45, 7) is 0. The molecule has 3 aromatic rings. The van der Waals surface area contributed by atoms with Gasteiger partial charge in [-0.15, -0.1) is 0 Å². The molecule has 0 heterocycles. The van der Waals surface area contributed by atoms with Crippen LogP contribution in [0.1, 0.15) is 52.8 Å². The second-order valence-corrected chi connectivity index (χ2v) is 9.57. The summed E-state index contributed by atoms with van der Waals surface area (Å²) in [5.41, 5.74) is 1.40.